The van der Waals surface area contributed by atoms with Crippen molar-refractivity contribution in [1.82, 2.24) is 15.3 Å². The van der Waals surface area contributed by atoms with Gasteiger partial charge in [-0.1, -0.05) is 41.5 Å². The summed E-state index contributed by atoms with van der Waals surface area (Å²) in [6.45, 7) is 17.2. The smallest absolute Gasteiger partial charge is 0.142 e. The Bertz CT molecular complexity index is 417. The monoisotopic (exact) mass is 263 g/mol. The minimum Gasteiger partial charge on any atom is -0.310 e. The summed E-state index contributed by atoms with van der Waals surface area (Å²) in [7, 11) is 0. The van der Waals surface area contributed by atoms with Gasteiger partial charge in [0.1, 0.15) is 5.82 Å². The molecular weight excluding hydrogens is 234 g/mol. The SMILES string of the molecule is CCCNCc1nc(C)c(C(C)C)c(C(C)(C)C)n1. The summed E-state index contributed by atoms with van der Waals surface area (Å²) in [6.07, 6.45) is 1.13. The molecule has 108 valence electrons. The van der Waals surface area contributed by atoms with Crippen LogP contribution in [0.4, 0.5) is 0 Å². The Morgan fingerprint density at radius 3 is 2.26 bits per heavy atom. The van der Waals surface area contributed by atoms with Gasteiger partial charge in [0.05, 0.1) is 12.2 Å². The van der Waals surface area contributed by atoms with E-state index in [1.165, 1.54) is 11.3 Å². The number of nitrogens with one attached hydrogen (secondary N) is 1. The summed E-state index contributed by atoms with van der Waals surface area (Å²) in [4.78, 5) is 9.49. The van der Waals surface area contributed by atoms with E-state index in [4.69, 9.17) is 4.98 Å². The standard InChI is InChI=1S/C16H29N3/c1-8-9-17-10-13-18-12(4)14(11(2)3)15(19-13)16(5,6)7/h11,17H,8-10H2,1-7H3. The number of aryl methyl sites for hydroxylation is 1. The fourth-order valence-electron chi connectivity index (χ4n) is 2.36. The highest BCUT2D eigenvalue weighted by Crippen LogP contribution is 2.30. The Morgan fingerprint density at radius 1 is 1.16 bits per heavy atom. The second-order valence-corrected chi connectivity index (χ2v) is 6.57. The van der Waals surface area contributed by atoms with Crippen LogP contribution < -0.4 is 5.32 Å². The Hall–Kier alpha value is -0.960. The molecule has 0 aliphatic rings. The van der Waals surface area contributed by atoms with Gasteiger partial charge in [-0.25, -0.2) is 9.97 Å². The third-order valence-corrected chi connectivity index (χ3v) is 3.18. The third-order valence-electron chi connectivity index (χ3n) is 3.18. The van der Waals surface area contributed by atoms with Crippen LogP contribution in [0.25, 0.3) is 0 Å². The zero-order valence-electron chi connectivity index (χ0n) is 13.6. The van der Waals surface area contributed by atoms with Crippen LogP contribution >= 0.6 is 0 Å². The quantitative estimate of drug-likeness (QED) is 0.823. The molecule has 0 fully saturated rings. The van der Waals surface area contributed by atoms with Crippen LogP contribution in [0.5, 0.6) is 0 Å². The molecule has 0 saturated carbocycles. The summed E-state index contributed by atoms with van der Waals surface area (Å²) in [5, 5.41) is 3.38. The molecule has 0 atom stereocenters. The van der Waals surface area contributed by atoms with E-state index in [1.54, 1.807) is 0 Å². The molecule has 0 amide bonds. The second-order valence-electron chi connectivity index (χ2n) is 6.57. The molecule has 0 saturated heterocycles. The van der Waals surface area contributed by atoms with Gasteiger partial charge in [-0.15, -0.1) is 0 Å². The van der Waals surface area contributed by atoms with Gasteiger partial charge in [0.15, 0.2) is 0 Å². The zero-order valence-corrected chi connectivity index (χ0v) is 13.6. The largest absolute Gasteiger partial charge is 0.310 e. The van der Waals surface area contributed by atoms with Gasteiger partial charge >= 0.3 is 0 Å². The normalized spacial score (nSPS) is 12.2. The van der Waals surface area contributed by atoms with Crippen molar-refractivity contribution in [2.45, 2.75) is 72.8 Å². The maximum atomic E-state index is 4.82. The van der Waals surface area contributed by atoms with E-state index in [-0.39, 0.29) is 5.41 Å². The van der Waals surface area contributed by atoms with Crippen LogP contribution in [0.1, 0.15) is 76.7 Å². The Kier molecular flexibility index (Phi) is 5.48. The topological polar surface area (TPSA) is 37.8 Å². The molecule has 1 N–H and O–H groups in total. The van der Waals surface area contributed by atoms with Crippen LogP contribution in [0.15, 0.2) is 0 Å². The highest BCUT2D eigenvalue weighted by atomic mass is 15.0. The van der Waals surface area contributed by atoms with Gasteiger partial charge < -0.3 is 5.32 Å². The van der Waals surface area contributed by atoms with Crippen molar-refractivity contribution in [3.63, 3.8) is 0 Å². The van der Waals surface area contributed by atoms with Crippen molar-refractivity contribution in [2.75, 3.05) is 6.54 Å². The van der Waals surface area contributed by atoms with Crippen LogP contribution in [-0.4, -0.2) is 16.5 Å². The molecule has 1 aromatic rings. The average Bonchev–Trinajstić information content (AvgIpc) is 2.26. The number of hydrogen-bond acceptors (Lipinski definition) is 3. The van der Waals surface area contributed by atoms with Gasteiger partial charge in [0.2, 0.25) is 0 Å². The van der Waals surface area contributed by atoms with Crippen molar-refractivity contribution in [2.24, 2.45) is 0 Å². The molecule has 0 spiro atoms. The summed E-state index contributed by atoms with van der Waals surface area (Å²) >= 11 is 0. The van der Waals surface area contributed by atoms with E-state index in [0.29, 0.717) is 5.92 Å². The zero-order chi connectivity index (χ0) is 14.6. The van der Waals surface area contributed by atoms with Gasteiger partial charge in [0.25, 0.3) is 0 Å². The van der Waals surface area contributed by atoms with Crippen molar-refractivity contribution < 1.29 is 0 Å². The van der Waals surface area contributed by atoms with Crippen molar-refractivity contribution in [3.05, 3.63) is 22.8 Å². The van der Waals surface area contributed by atoms with E-state index in [1.807, 2.05) is 0 Å². The summed E-state index contributed by atoms with van der Waals surface area (Å²) in [6, 6.07) is 0. The van der Waals surface area contributed by atoms with Crippen LogP contribution in [0.3, 0.4) is 0 Å². The molecule has 19 heavy (non-hydrogen) atoms. The minimum atomic E-state index is 0.0623. The first kappa shape index (κ1) is 16.1. The van der Waals surface area contributed by atoms with E-state index in [9.17, 15) is 0 Å². The van der Waals surface area contributed by atoms with Gasteiger partial charge in [-0.05, 0) is 31.4 Å². The lowest BCUT2D eigenvalue weighted by Crippen LogP contribution is -2.23. The molecule has 1 aromatic heterocycles. The van der Waals surface area contributed by atoms with Crippen LogP contribution in [-0.2, 0) is 12.0 Å². The Labute approximate surface area is 118 Å². The molecule has 1 heterocycles. The van der Waals surface area contributed by atoms with Crippen LogP contribution in [0, 0.1) is 6.92 Å². The molecule has 0 unspecified atom stereocenters. The van der Waals surface area contributed by atoms with E-state index < -0.39 is 0 Å². The fraction of sp³-hybridized carbons (Fsp3) is 0.750. The highest BCUT2D eigenvalue weighted by Gasteiger charge is 2.24. The highest BCUT2D eigenvalue weighted by molar-refractivity contribution is 5.33. The molecule has 0 aliphatic carbocycles. The first-order valence-corrected chi connectivity index (χ1v) is 7.36. The Balaban J connectivity index is 3.16. The summed E-state index contributed by atoms with van der Waals surface area (Å²) in [5.41, 5.74) is 3.70. The Morgan fingerprint density at radius 2 is 1.79 bits per heavy atom. The van der Waals surface area contributed by atoms with Crippen molar-refractivity contribution in [1.29, 1.82) is 0 Å². The minimum absolute atomic E-state index is 0.0623. The van der Waals surface area contributed by atoms with Crippen molar-refractivity contribution >= 4 is 0 Å². The summed E-state index contributed by atoms with van der Waals surface area (Å²) in [5.74, 6) is 1.38. The predicted octanol–water partition coefficient (Wildman–Crippen LogP) is 3.71. The number of nitrogens with zero attached hydrogens (tertiary/aromatic N) is 2. The predicted molar refractivity (Wildman–Crippen MR) is 81.6 cm³/mol. The van der Waals surface area contributed by atoms with Gasteiger partial charge in [0, 0.05) is 11.1 Å². The lowest BCUT2D eigenvalue weighted by Gasteiger charge is -2.25. The maximum Gasteiger partial charge on any atom is 0.142 e. The molecule has 3 nitrogen and oxygen atoms in total. The fourth-order valence-corrected chi connectivity index (χ4v) is 2.36. The maximum absolute atomic E-state index is 4.82. The summed E-state index contributed by atoms with van der Waals surface area (Å²) < 4.78 is 0. The van der Waals surface area contributed by atoms with Gasteiger partial charge in [-0.2, -0.15) is 0 Å². The van der Waals surface area contributed by atoms with Crippen molar-refractivity contribution in [3.8, 4) is 0 Å². The average molecular weight is 263 g/mol. The molecule has 3 heteroatoms. The third kappa shape index (κ3) is 4.27. The first-order chi connectivity index (χ1) is 8.77. The first-order valence-electron chi connectivity index (χ1n) is 7.36. The molecular formula is C16H29N3. The molecule has 1 rings (SSSR count). The van der Waals surface area contributed by atoms with E-state index in [2.05, 4.69) is 58.8 Å². The van der Waals surface area contributed by atoms with E-state index >= 15 is 0 Å². The van der Waals surface area contributed by atoms with Crippen LogP contribution in [0.2, 0.25) is 0 Å². The molecule has 0 aromatic carbocycles. The lowest BCUT2D eigenvalue weighted by atomic mass is 9.84. The number of aromatic nitrogens is 2. The number of rotatable bonds is 5. The molecule has 0 bridgehead atoms. The number of hydrogen-bond donors (Lipinski definition) is 1. The molecule has 0 radical (unpaired) electrons. The van der Waals surface area contributed by atoms with E-state index in [0.717, 1.165) is 31.0 Å². The molecule has 0 aliphatic heterocycles. The van der Waals surface area contributed by atoms with Gasteiger partial charge in [-0.3, -0.25) is 0 Å². The lowest BCUT2D eigenvalue weighted by molar-refractivity contribution is 0.538. The second kappa shape index (κ2) is 6.47.